The van der Waals surface area contributed by atoms with Crippen LogP contribution in [0.4, 0.5) is 5.69 Å². The molecule has 0 unspecified atom stereocenters. The zero-order valence-electron chi connectivity index (χ0n) is 14.4. The number of aryl methyl sites for hydroxylation is 1. The molecular formula is C18H22N4O3. The van der Waals surface area contributed by atoms with Crippen LogP contribution >= 0.6 is 0 Å². The molecule has 2 heterocycles. The molecule has 3 rings (SSSR count). The molecular weight excluding hydrogens is 320 g/mol. The molecule has 2 aromatic rings. The summed E-state index contributed by atoms with van der Waals surface area (Å²) >= 11 is 0. The van der Waals surface area contributed by atoms with Crippen LogP contribution in [0.25, 0.3) is 0 Å². The molecule has 25 heavy (non-hydrogen) atoms. The number of amides is 1. The summed E-state index contributed by atoms with van der Waals surface area (Å²) in [6.45, 7) is 1.32. The van der Waals surface area contributed by atoms with Gasteiger partial charge in [-0.1, -0.05) is 18.2 Å². The van der Waals surface area contributed by atoms with Crippen LogP contribution in [0.1, 0.15) is 23.2 Å². The predicted molar refractivity (Wildman–Crippen MR) is 96.1 cm³/mol. The van der Waals surface area contributed by atoms with E-state index >= 15 is 0 Å². The molecule has 0 spiro atoms. The van der Waals surface area contributed by atoms with E-state index in [4.69, 9.17) is 0 Å². The maximum Gasteiger partial charge on any atom is 0.330 e. The zero-order valence-corrected chi connectivity index (χ0v) is 14.4. The fourth-order valence-electron chi connectivity index (χ4n) is 3.13. The van der Waals surface area contributed by atoms with Crippen molar-refractivity contribution in [1.82, 2.24) is 14.5 Å². The van der Waals surface area contributed by atoms with E-state index in [1.54, 1.807) is 25.4 Å². The molecule has 7 heteroatoms. The molecule has 1 aliphatic rings. The summed E-state index contributed by atoms with van der Waals surface area (Å²) in [7, 11) is 3.12. The lowest BCUT2D eigenvalue weighted by Gasteiger charge is -2.33. The van der Waals surface area contributed by atoms with E-state index in [0.29, 0.717) is 24.3 Å². The van der Waals surface area contributed by atoms with Gasteiger partial charge in [-0.15, -0.1) is 0 Å². The topological polar surface area (TPSA) is 76.3 Å². The lowest BCUT2D eigenvalue weighted by Crippen LogP contribution is -2.47. The molecule has 1 fully saturated rings. The van der Waals surface area contributed by atoms with Gasteiger partial charge in [0.1, 0.15) is 5.69 Å². The molecule has 0 radical (unpaired) electrons. The second-order valence-electron chi connectivity index (χ2n) is 6.37. The van der Waals surface area contributed by atoms with Gasteiger partial charge in [-0.2, -0.15) is 0 Å². The van der Waals surface area contributed by atoms with Crippen LogP contribution in [-0.4, -0.2) is 34.2 Å². The molecule has 7 nitrogen and oxygen atoms in total. The van der Waals surface area contributed by atoms with Gasteiger partial charge in [-0.05, 0) is 25.0 Å². The highest BCUT2D eigenvalue weighted by atomic mass is 16.2. The van der Waals surface area contributed by atoms with E-state index in [1.165, 1.54) is 11.6 Å². The van der Waals surface area contributed by atoms with E-state index < -0.39 is 0 Å². The van der Waals surface area contributed by atoms with Gasteiger partial charge in [-0.3, -0.25) is 14.2 Å². The number of hydrogen-bond acceptors (Lipinski definition) is 4. The number of hydrogen-bond donors (Lipinski definition) is 1. The molecule has 0 aliphatic carbocycles. The van der Waals surface area contributed by atoms with Crippen LogP contribution in [0.2, 0.25) is 0 Å². The SMILES string of the molecule is Cn1cc(N2CCC(NC(=O)c3ccccc3)CC2)c(=O)n(C)c1=O. The maximum absolute atomic E-state index is 12.3. The Balaban J connectivity index is 1.66. The summed E-state index contributed by atoms with van der Waals surface area (Å²) in [6.07, 6.45) is 3.10. The van der Waals surface area contributed by atoms with Gasteiger partial charge in [0.25, 0.3) is 11.5 Å². The van der Waals surface area contributed by atoms with Crippen LogP contribution in [0.5, 0.6) is 0 Å². The van der Waals surface area contributed by atoms with Crippen molar-refractivity contribution in [1.29, 1.82) is 0 Å². The number of piperidine rings is 1. The first-order chi connectivity index (χ1) is 12.0. The van der Waals surface area contributed by atoms with Gasteiger partial charge in [0.2, 0.25) is 0 Å². The van der Waals surface area contributed by atoms with Gasteiger partial charge in [0.05, 0.1) is 0 Å². The Hall–Kier alpha value is -2.83. The maximum atomic E-state index is 12.3. The van der Waals surface area contributed by atoms with Crippen molar-refractivity contribution in [2.75, 3.05) is 18.0 Å². The Morgan fingerprint density at radius 2 is 1.72 bits per heavy atom. The van der Waals surface area contributed by atoms with Crippen LogP contribution in [0, 0.1) is 0 Å². The Kier molecular flexibility index (Phi) is 4.74. The average molecular weight is 342 g/mol. The number of anilines is 1. The van der Waals surface area contributed by atoms with Crippen molar-refractivity contribution in [2.24, 2.45) is 14.1 Å². The predicted octanol–water partition coefficient (Wildman–Crippen LogP) is 0.483. The monoisotopic (exact) mass is 342 g/mol. The fourth-order valence-corrected chi connectivity index (χ4v) is 3.13. The standard InChI is InChI=1S/C18H22N4O3/c1-20-12-15(17(24)21(2)18(20)25)22-10-8-14(9-11-22)19-16(23)13-6-4-3-5-7-13/h3-7,12,14H,8-11H2,1-2H3,(H,19,23). The Labute approximate surface area is 145 Å². The number of nitrogens with zero attached hydrogens (tertiary/aromatic N) is 3. The van der Waals surface area contributed by atoms with Gasteiger partial charge in [-0.25, -0.2) is 4.79 Å². The molecule has 1 aromatic carbocycles. The number of carbonyl (C=O) groups is 1. The van der Waals surface area contributed by atoms with Crippen molar-refractivity contribution in [2.45, 2.75) is 18.9 Å². The minimum atomic E-state index is -0.334. The third-order valence-electron chi connectivity index (χ3n) is 4.64. The van der Waals surface area contributed by atoms with Crippen molar-refractivity contribution >= 4 is 11.6 Å². The second kappa shape index (κ2) is 6.96. The van der Waals surface area contributed by atoms with Gasteiger partial charge >= 0.3 is 5.69 Å². The quantitative estimate of drug-likeness (QED) is 0.880. The third-order valence-corrected chi connectivity index (χ3v) is 4.64. The number of carbonyl (C=O) groups excluding carboxylic acids is 1. The summed E-state index contributed by atoms with van der Waals surface area (Å²) in [5, 5.41) is 3.05. The highest BCUT2D eigenvalue weighted by molar-refractivity contribution is 5.94. The minimum absolute atomic E-state index is 0.0722. The van der Waals surface area contributed by atoms with Gasteiger partial charge in [0.15, 0.2) is 0 Å². The molecule has 1 aliphatic heterocycles. The second-order valence-corrected chi connectivity index (χ2v) is 6.37. The van der Waals surface area contributed by atoms with Crippen LogP contribution in [0.3, 0.4) is 0 Å². The van der Waals surface area contributed by atoms with Gasteiger partial charge < -0.3 is 14.8 Å². The van der Waals surface area contributed by atoms with Crippen molar-refractivity contribution < 1.29 is 4.79 Å². The molecule has 0 atom stereocenters. The van der Waals surface area contributed by atoms with Crippen LogP contribution in [-0.2, 0) is 14.1 Å². The Morgan fingerprint density at radius 1 is 1.08 bits per heavy atom. The summed E-state index contributed by atoms with van der Waals surface area (Å²) in [6, 6.07) is 9.22. The number of benzene rings is 1. The van der Waals surface area contributed by atoms with Crippen molar-refractivity contribution in [3.05, 3.63) is 62.9 Å². The lowest BCUT2D eigenvalue weighted by molar-refractivity contribution is 0.0931. The first-order valence-electron chi connectivity index (χ1n) is 8.35. The van der Waals surface area contributed by atoms with Crippen LogP contribution < -0.4 is 21.5 Å². The highest BCUT2D eigenvalue weighted by Gasteiger charge is 2.23. The summed E-state index contributed by atoms with van der Waals surface area (Å²) in [5.41, 5.74) is 0.558. The molecule has 0 bridgehead atoms. The van der Waals surface area contributed by atoms with E-state index in [2.05, 4.69) is 5.32 Å². The van der Waals surface area contributed by atoms with Crippen LogP contribution in [0.15, 0.2) is 46.1 Å². The van der Waals surface area contributed by atoms with E-state index in [1.807, 2.05) is 23.1 Å². The Bertz CT molecular complexity index is 877. The average Bonchev–Trinajstić information content (AvgIpc) is 2.64. The third kappa shape index (κ3) is 3.50. The number of nitrogens with one attached hydrogen (secondary N) is 1. The molecule has 1 aromatic heterocycles. The highest BCUT2D eigenvalue weighted by Crippen LogP contribution is 2.16. The zero-order chi connectivity index (χ0) is 18.0. The van der Waals surface area contributed by atoms with Gasteiger partial charge in [0, 0.05) is 45.0 Å². The smallest absolute Gasteiger partial charge is 0.330 e. The summed E-state index contributed by atoms with van der Waals surface area (Å²) in [4.78, 5) is 38.3. The molecule has 1 amide bonds. The molecule has 132 valence electrons. The Morgan fingerprint density at radius 3 is 2.36 bits per heavy atom. The normalized spacial score (nSPS) is 15.2. The lowest BCUT2D eigenvalue weighted by atomic mass is 10.0. The van der Waals surface area contributed by atoms with Crippen molar-refractivity contribution in [3.63, 3.8) is 0 Å². The van der Waals surface area contributed by atoms with E-state index in [9.17, 15) is 14.4 Å². The van der Waals surface area contributed by atoms with E-state index in [-0.39, 0.29) is 23.2 Å². The summed E-state index contributed by atoms with van der Waals surface area (Å²) < 4.78 is 2.54. The number of aromatic nitrogens is 2. The first kappa shape index (κ1) is 17.0. The summed E-state index contributed by atoms with van der Waals surface area (Å²) in [5.74, 6) is -0.0722. The van der Waals surface area contributed by atoms with E-state index in [0.717, 1.165) is 17.4 Å². The molecule has 0 saturated carbocycles. The first-order valence-corrected chi connectivity index (χ1v) is 8.35. The number of rotatable bonds is 3. The fraction of sp³-hybridized carbons (Fsp3) is 0.389. The molecule has 1 N–H and O–H groups in total. The minimum Gasteiger partial charge on any atom is -0.366 e. The van der Waals surface area contributed by atoms with Crippen molar-refractivity contribution in [3.8, 4) is 0 Å². The molecule has 1 saturated heterocycles. The largest absolute Gasteiger partial charge is 0.366 e.